The molecule has 34 heavy (non-hydrogen) atoms. The van der Waals surface area contributed by atoms with Gasteiger partial charge in [0.15, 0.2) is 11.9 Å². The summed E-state index contributed by atoms with van der Waals surface area (Å²) in [5.74, 6) is -0.937. The summed E-state index contributed by atoms with van der Waals surface area (Å²) in [5.41, 5.74) is -1.11. The molecular formula is C23H25FN6O4. The molecule has 2 unspecified atom stereocenters. The van der Waals surface area contributed by atoms with Crippen LogP contribution in [0.5, 0.6) is 0 Å². The first-order chi connectivity index (χ1) is 16.1. The quantitative estimate of drug-likeness (QED) is 0.431. The van der Waals surface area contributed by atoms with Crippen molar-refractivity contribution in [1.82, 2.24) is 19.7 Å². The lowest BCUT2D eigenvalue weighted by molar-refractivity contribution is -0.176. The highest BCUT2D eigenvalue weighted by molar-refractivity contribution is 5.91. The van der Waals surface area contributed by atoms with Crippen LogP contribution in [0.1, 0.15) is 40.0 Å². The van der Waals surface area contributed by atoms with Crippen molar-refractivity contribution in [3.8, 4) is 6.07 Å². The fourth-order valence-corrected chi connectivity index (χ4v) is 4.04. The average molecular weight is 468 g/mol. The minimum Gasteiger partial charge on any atom is -0.458 e. The third-order valence-electron chi connectivity index (χ3n) is 5.55. The zero-order valence-electron chi connectivity index (χ0n) is 19.1. The standard InChI is InChI=1S/C23H25FN6O4/c1-22(2,3)34-21(32)16-4-7-23(8-9-25,13-33-16)30-15-6-11-27-20(31)18(15)19(29-30)28-14-5-10-26-17(24)12-14/h5-6,10-12,16H,4,7-8,13H2,1-3H3,(H,27,31)(H,26,28,29). The molecule has 0 spiro atoms. The Morgan fingerprint density at radius 3 is 2.91 bits per heavy atom. The Kier molecular flexibility index (Phi) is 6.10. The van der Waals surface area contributed by atoms with Gasteiger partial charge in [-0.2, -0.15) is 14.8 Å². The Bertz CT molecular complexity index is 1310. The summed E-state index contributed by atoms with van der Waals surface area (Å²) in [6.45, 7) is 5.37. The predicted molar refractivity (Wildman–Crippen MR) is 121 cm³/mol. The van der Waals surface area contributed by atoms with Crippen LogP contribution in [0.2, 0.25) is 0 Å². The maximum Gasteiger partial charge on any atom is 0.335 e. The number of halogens is 1. The van der Waals surface area contributed by atoms with Crippen molar-refractivity contribution in [1.29, 1.82) is 5.26 Å². The second kappa shape index (κ2) is 8.87. The van der Waals surface area contributed by atoms with Gasteiger partial charge in [0.05, 0.1) is 30.2 Å². The fourth-order valence-electron chi connectivity index (χ4n) is 4.04. The van der Waals surface area contributed by atoms with Crippen molar-refractivity contribution in [2.24, 2.45) is 0 Å². The second-order valence-corrected chi connectivity index (χ2v) is 9.25. The molecule has 4 rings (SSSR count). The number of pyridine rings is 2. The van der Waals surface area contributed by atoms with Crippen LogP contribution in [0, 0.1) is 17.3 Å². The SMILES string of the molecule is CC(C)(C)OC(=O)C1CCC(CC#N)(n2nc(Nc3ccnc(F)c3)c3c(=O)[nH]ccc32)CO1. The third kappa shape index (κ3) is 4.63. The zero-order chi connectivity index (χ0) is 24.5. The number of carbonyl (C=O) groups is 1. The molecule has 2 N–H and O–H groups in total. The Balaban J connectivity index is 1.71. The smallest absolute Gasteiger partial charge is 0.335 e. The van der Waals surface area contributed by atoms with Gasteiger partial charge in [0, 0.05) is 24.1 Å². The largest absolute Gasteiger partial charge is 0.458 e. The van der Waals surface area contributed by atoms with Crippen molar-refractivity contribution >= 4 is 28.4 Å². The second-order valence-electron chi connectivity index (χ2n) is 9.25. The van der Waals surface area contributed by atoms with E-state index in [4.69, 9.17) is 9.47 Å². The lowest BCUT2D eigenvalue weighted by Gasteiger charge is -2.39. The molecule has 0 aliphatic carbocycles. The van der Waals surface area contributed by atoms with Crippen LogP contribution in [-0.2, 0) is 19.8 Å². The molecule has 11 heteroatoms. The van der Waals surface area contributed by atoms with E-state index in [1.54, 1.807) is 37.6 Å². The van der Waals surface area contributed by atoms with E-state index in [2.05, 4.69) is 26.5 Å². The van der Waals surface area contributed by atoms with Crippen LogP contribution in [0.25, 0.3) is 10.9 Å². The number of nitrogens with zero attached hydrogens (tertiary/aromatic N) is 4. The molecule has 4 heterocycles. The molecule has 2 atom stereocenters. The van der Waals surface area contributed by atoms with Gasteiger partial charge in [0.1, 0.15) is 11.0 Å². The number of H-pyrrole nitrogens is 1. The normalized spacial score (nSPS) is 20.6. The molecule has 0 bridgehead atoms. The van der Waals surface area contributed by atoms with Gasteiger partial charge in [-0.05, 0) is 45.7 Å². The van der Waals surface area contributed by atoms with Crippen LogP contribution in [0.15, 0.2) is 35.4 Å². The van der Waals surface area contributed by atoms with Crippen LogP contribution < -0.4 is 10.9 Å². The van der Waals surface area contributed by atoms with Crippen LogP contribution in [-0.4, -0.2) is 44.0 Å². The van der Waals surface area contributed by atoms with Gasteiger partial charge in [-0.1, -0.05) is 0 Å². The summed E-state index contributed by atoms with van der Waals surface area (Å²) in [6, 6.07) is 6.59. The molecule has 10 nitrogen and oxygen atoms in total. The Labute approximate surface area is 194 Å². The van der Waals surface area contributed by atoms with E-state index in [-0.39, 0.29) is 24.2 Å². The predicted octanol–water partition coefficient (Wildman–Crippen LogP) is 3.13. The van der Waals surface area contributed by atoms with Gasteiger partial charge in [-0.3, -0.25) is 9.48 Å². The lowest BCUT2D eigenvalue weighted by Crippen LogP contribution is -2.47. The van der Waals surface area contributed by atoms with Gasteiger partial charge < -0.3 is 19.8 Å². The first-order valence-electron chi connectivity index (χ1n) is 10.8. The number of hydrogen-bond donors (Lipinski definition) is 2. The van der Waals surface area contributed by atoms with E-state index in [9.17, 15) is 19.2 Å². The topological polar surface area (TPSA) is 135 Å². The summed E-state index contributed by atoms with van der Waals surface area (Å²) in [7, 11) is 0. The van der Waals surface area contributed by atoms with Gasteiger partial charge >= 0.3 is 5.97 Å². The lowest BCUT2D eigenvalue weighted by atomic mass is 9.87. The Morgan fingerprint density at radius 1 is 1.47 bits per heavy atom. The molecule has 1 aliphatic rings. The van der Waals surface area contributed by atoms with Crippen LogP contribution in [0.3, 0.4) is 0 Å². The van der Waals surface area contributed by atoms with Crippen molar-refractivity contribution in [3.05, 3.63) is 46.9 Å². The summed E-state index contributed by atoms with van der Waals surface area (Å²) in [6.07, 6.45) is 2.79. The number of hydrogen-bond acceptors (Lipinski definition) is 8. The molecule has 0 saturated carbocycles. The molecule has 178 valence electrons. The number of nitrogens with one attached hydrogen (secondary N) is 2. The maximum absolute atomic E-state index is 13.6. The molecule has 1 aliphatic heterocycles. The van der Waals surface area contributed by atoms with Gasteiger partial charge in [-0.15, -0.1) is 0 Å². The third-order valence-corrected chi connectivity index (χ3v) is 5.55. The minimum atomic E-state index is -0.914. The minimum absolute atomic E-state index is 0.0252. The number of aromatic nitrogens is 4. The summed E-state index contributed by atoms with van der Waals surface area (Å²) in [4.78, 5) is 31.3. The number of rotatable bonds is 5. The van der Waals surface area contributed by atoms with Crippen molar-refractivity contribution in [2.75, 3.05) is 11.9 Å². The highest BCUT2D eigenvalue weighted by atomic mass is 19.1. The molecule has 3 aromatic heterocycles. The molecule has 1 saturated heterocycles. The number of ether oxygens (including phenoxy) is 2. The van der Waals surface area contributed by atoms with E-state index in [0.717, 1.165) is 0 Å². The highest BCUT2D eigenvalue weighted by Gasteiger charge is 2.43. The van der Waals surface area contributed by atoms with Crippen LogP contribution >= 0.6 is 0 Å². The molecule has 3 aromatic rings. The monoisotopic (exact) mass is 468 g/mol. The van der Waals surface area contributed by atoms with E-state index in [1.807, 2.05) is 0 Å². The first-order valence-corrected chi connectivity index (χ1v) is 10.8. The van der Waals surface area contributed by atoms with Crippen molar-refractivity contribution < 1.29 is 18.7 Å². The maximum atomic E-state index is 13.6. The first kappa shape index (κ1) is 23.4. The average Bonchev–Trinajstić information content (AvgIpc) is 3.13. The number of aromatic amines is 1. The number of nitriles is 1. The van der Waals surface area contributed by atoms with Crippen molar-refractivity contribution in [3.63, 3.8) is 0 Å². The number of carbonyl (C=O) groups excluding carboxylic acids is 1. The number of esters is 1. The van der Waals surface area contributed by atoms with Crippen LogP contribution in [0.4, 0.5) is 15.9 Å². The van der Waals surface area contributed by atoms with Crippen molar-refractivity contribution in [2.45, 2.75) is 57.3 Å². The summed E-state index contributed by atoms with van der Waals surface area (Å²) in [5, 5.41) is 17.4. The molecule has 0 radical (unpaired) electrons. The molecule has 0 amide bonds. The van der Waals surface area contributed by atoms with Gasteiger partial charge in [0.25, 0.3) is 5.56 Å². The highest BCUT2D eigenvalue weighted by Crippen LogP contribution is 2.37. The van der Waals surface area contributed by atoms with E-state index in [1.165, 1.54) is 18.5 Å². The molecule has 0 aromatic carbocycles. The fraction of sp³-hybridized carbons (Fsp3) is 0.435. The number of fused-ring (bicyclic) bond motifs is 1. The Morgan fingerprint density at radius 2 is 2.26 bits per heavy atom. The number of anilines is 2. The molecular weight excluding hydrogens is 443 g/mol. The van der Waals surface area contributed by atoms with E-state index < -0.39 is 34.7 Å². The summed E-state index contributed by atoms with van der Waals surface area (Å²) < 4.78 is 26.5. The van der Waals surface area contributed by atoms with E-state index in [0.29, 0.717) is 24.0 Å². The summed E-state index contributed by atoms with van der Waals surface area (Å²) >= 11 is 0. The van der Waals surface area contributed by atoms with Gasteiger partial charge in [-0.25, -0.2) is 9.78 Å². The molecule has 1 fully saturated rings. The van der Waals surface area contributed by atoms with E-state index >= 15 is 0 Å². The zero-order valence-corrected chi connectivity index (χ0v) is 19.1. The Hall–Kier alpha value is -3.78. The van der Waals surface area contributed by atoms with Gasteiger partial charge in [0.2, 0.25) is 5.95 Å².